The molecule has 0 aromatic carbocycles. The smallest absolute Gasteiger partial charge is 0.407 e. The van der Waals surface area contributed by atoms with E-state index in [0.717, 1.165) is 0 Å². The highest BCUT2D eigenvalue weighted by atomic mass is 16.7. The molecule has 2 N–H and O–H groups in total. The second kappa shape index (κ2) is 7.45. The Balaban J connectivity index is 2.07. The number of aliphatic carboxylic acids is 1. The first-order chi connectivity index (χ1) is 11.3. The van der Waals surface area contributed by atoms with Gasteiger partial charge in [0.25, 0.3) is 0 Å². The molecule has 0 radical (unpaired) electrons. The van der Waals surface area contributed by atoms with Gasteiger partial charge in [-0.2, -0.15) is 0 Å². The van der Waals surface area contributed by atoms with Crippen molar-refractivity contribution >= 4 is 17.8 Å². The maximum Gasteiger partial charge on any atom is 0.407 e. The maximum atomic E-state index is 12.6. The van der Waals surface area contributed by atoms with E-state index in [1.54, 1.807) is 13.8 Å². The highest BCUT2D eigenvalue weighted by Crippen LogP contribution is 2.34. The molecule has 0 saturated carbocycles. The molecule has 2 aliphatic rings. The van der Waals surface area contributed by atoms with Crippen molar-refractivity contribution in [3.05, 3.63) is 0 Å². The fraction of sp³-hybridized carbons (Fsp3) is 0.800. The molecule has 0 aliphatic carbocycles. The quantitative estimate of drug-likeness (QED) is 0.683. The fourth-order valence-electron chi connectivity index (χ4n) is 3.13. The zero-order valence-electron chi connectivity index (χ0n) is 14.1. The van der Waals surface area contributed by atoms with Crippen LogP contribution in [-0.2, 0) is 23.8 Å². The number of alkyl carbamates (subject to hydrolysis) is 1. The van der Waals surface area contributed by atoms with Crippen LogP contribution in [0.25, 0.3) is 0 Å². The number of methoxy groups -OCH3 is 1. The molecule has 0 unspecified atom stereocenters. The summed E-state index contributed by atoms with van der Waals surface area (Å²) < 4.78 is 15.6. The molecule has 0 aromatic heterocycles. The van der Waals surface area contributed by atoms with Gasteiger partial charge in [0.05, 0.1) is 39.5 Å². The lowest BCUT2D eigenvalue weighted by atomic mass is 9.99. The van der Waals surface area contributed by atoms with E-state index in [0.29, 0.717) is 13.2 Å². The standard InChI is InChI=1S/C15H24N2O7/c1-9(2)12(16-14(21)22-3)11(18)7-17-8-15(23-4-5-24-15)6-10(17)13(19)20/h9-10,12H,4-8H2,1-3H3,(H,16,21)(H,19,20)/t10-,12-/m0/s1. The molecule has 2 saturated heterocycles. The van der Waals surface area contributed by atoms with Gasteiger partial charge in [-0.05, 0) is 5.92 Å². The molecule has 24 heavy (non-hydrogen) atoms. The Hall–Kier alpha value is -1.71. The van der Waals surface area contributed by atoms with Crippen molar-refractivity contribution in [1.29, 1.82) is 0 Å². The van der Waals surface area contributed by atoms with Gasteiger partial charge in [-0.25, -0.2) is 4.79 Å². The summed E-state index contributed by atoms with van der Waals surface area (Å²) in [5.41, 5.74) is 0. The monoisotopic (exact) mass is 344 g/mol. The lowest BCUT2D eigenvalue weighted by Gasteiger charge is -2.26. The molecule has 1 spiro atoms. The third kappa shape index (κ3) is 4.03. The normalized spacial score (nSPS) is 24.2. The Labute approximate surface area is 140 Å². The minimum atomic E-state index is -1.03. The SMILES string of the molecule is COC(=O)N[C@H](C(=O)CN1CC2(C[C@H]1C(=O)O)OCCO2)C(C)C. The van der Waals surface area contributed by atoms with Gasteiger partial charge < -0.3 is 24.6 Å². The molecule has 0 bridgehead atoms. The topological polar surface area (TPSA) is 114 Å². The zero-order chi connectivity index (χ0) is 17.9. The summed E-state index contributed by atoms with van der Waals surface area (Å²) in [6.07, 6.45) is -0.524. The van der Waals surface area contributed by atoms with Crippen LogP contribution < -0.4 is 5.32 Å². The molecular weight excluding hydrogens is 320 g/mol. The van der Waals surface area contributed by atoms with Crippen LogP contribution in [0.1, 0.15) is 20.3 Å². The Morgan fingerprint density at radius 2 is 1.96 bits per heavy atom. The number of ether oxygens (including phenoxy) is 3. The van der Waals surface area contributed by atoms with E-state index < -0.39 is 29.9 Å². The first-order valence-corrected chi connectivity index (χ1v) is 7.90. The summed E-state index contributed by atoms with van der Waals surface area (Å²) in [4.78, 5) is 37.0. The van der Waals surface area contributed by atoms with Gasteiger partial charge >= 0.3 is 12.1 Å². The second-order valence-electron chi connectivity index (χ2n) is 6.39. The molecule has 2 aliphatic heterocycles. The van der Waals surface area contributed by atoms with Gasteiger partial charge in [0, 0.05) is 6.42 Å². The van der Waals surface area contributed by atoms with Crippen molar-refractivity contribution in [2.24, 2.45) is 5.92 Å². The number of carboxylic acids is 1. The Morgan fingerprint density at radius 3 is 2.46 bits per heavy atom. The zero-order valence-corrected chi connectivity index (χ0v) is 14.1. The number of amides is 1. The van der Waals surface area contributed by atoms with Crippen molar-refractivity contribution in [3.8, 4) is 0 Å². The van der Waals surface area contributed by atoms with E-state index >= 15 is 0 Å². The number of nitrogens with one attached hydrogen (secondary N) is 1. The number of ketones is 1. The summed E-state index contributed by atoms with van der Waals surface area (Å²) in [6.45, 7) is 4.50. The molecule has 2 rings (SSSR count). The summed E-state index contributed by atoms with van der Waals surface area (Å²) in [5.74, 6) is -2.42. The fourth-order valence-corrected chi connectivity index (χ4v) is 3.13. The van der Waals surface area contributed by atoms with Crippen molar-refractivity contribution < 1.29 is 33.7 Å². The van der Waals surface area contributed by atoms with Crippen LogP contribution in [0.5, 0.6) is 0 Å². The van der Waals surface area contributed by atoms with Gasteiger partial charge in [0.2, 0.25) is 0 Å². The molecule has 2 fully saturated rings. The van der Waals surface area contributed by atoms with Gasteiger partial charge in [0.1, 0.15) is 6.04 Å². The van der Waals surface area contributed by atoms with Crippen LogP contribution >= 0.6 is 0 Å². The number of Topliss-reactive ketones (excluding diaryl/α,β-unsaturated/α-hetero) is 1. The van der Waals surface area contributed by atoms with Crippen LogP contribution in [0.4, 0.5) is 4.79 Å². The van der Waals surface area contributed by atoms with Crippen molar-refractivity contribution in [2.75, 3.05) is 33.4 Å². The first kappa shape index (κ1) is 18.6. The van der Waals surface area contributed by atoms with Gasteiger partial charge in [-0.3, -0.25) is 14.5 Å². The van der Waals surface area contributed by atoms with E-state index in [4.69, 9.17) is 9.47 Å². The van der Waals surface area contributed by atoms with Crippen molar-refractivity contribution in [1.82, 2.24) is 10.2 Å². The molecular formula is C15H24N2O7. The summed E-state index contributed by atoms with van der Waals surface area (Å²) >= 11 is 0. The van der Waals surface area contributed by atoms with Crippen LogP contribution in [-0.4, -0.2) is 79.1 Å². The lowest BCUT2D eigenvalue weighted by molar-refractivity contribution is -0.150. The van der Waals surface area contributed by atoms with Gasteiger partial charge in [-0.15, -0.1) is 0 Å². The van der Waals surface area contributed by atoms with Crippen LogP contribution in [0.3, 0.4) is 0 Å². The minimum absolute atomic E-state index is 0.113. The minimum Gasteiger partial charge on any atom is -0.480 e. The average Bonchev–Trinajstić information content (AvgIpc) is 3.11. The van der Waals surface area contributed by atoms with E-state index in [1.165, 1.54) is 12.0 Å². The number of likely N-dealkylation sites (tertiary alicyclic amines) is 1. The molecule has 1 amide bonds. The molecule has 0 aromatic rings. The Morgan fingerprint density at radius 1 is 1.33 bits per heavy atom. The van der Waals surface area contributed by atoms with Crippen molar-refractivity contribution in [3.63, 3.8) is 0 Å². The summed E-state index contributed by atoms with van der Waals surface area (Å²) in [5, 5.41) is 11.9. The second-order valence-corrected chi connectivity index (χ2v) is 6.39. The molecule has 136 valence electrons. The summed E-state index contributed by atoms with van der Waals surface area (Å²) in [6, 6.07) is -1.62. The number of hydrogen-bond donors (Lipinski definition) is 2. The molecule has 2 heterocycles. The molecule has 2 atom stereocenters. The predicted molar refractivity (Wildman–Crippen MR) is 81.4 cm³/mol. The summed E-state index contributed by atoms with van der Waals surface area (Å²) in [7, 11) is 1.22. The average molecular weight is 344 g/mol. The van der Waals surface area contributed by atoms with Gasteiger partial charge in [-0.1, -0.05) is 13.8 Å². The lowest BCUT2D eigenvalue weighted by Crippen LogP contribution is -2.50. The third-order valence-electron chi connectivity index (χ3n) is 4.32. The number of nitrogens with zero attached hydrogens (tertiary/aromatic N) is 1. The predicted octanol–water partition coefficient (Wildman–Crippen LogP) is -0.162. The first-order valence-electron chi connectivity index (χ1n) is 7.90. The van der Waals surface area contributed by atoms with E-state index in [1.807, 2.05) is 0 Å². The largest absolute Gasteiger partial charge is 0.480 e. The molecule has 9 nitrogen and oxygen atoms in total. The Kier molecular flexibility index (Phi) is 5.79. The number of hydrogen-bond acceptors (Lipinski definition) is 7. The van der Waals surface area contributed by atoms with Crippen molar-refractivity contribution in [2.45, 2.75) is 38.1 Å². The number of rotatable bonds is 6. The highest BCUT2D eigenvalue weighted by Gasteiger charge is 2.51. The maximum absolute atomic E-state index is 12.6. The number of carboxylic acid groups (broad SMARTS) is 1. The number of carbonyl (C=O) groups is 3. The van der Waals surface area contributed by atoms with E-state index in [2.05, 4.69) is 10.1 Å². The third-order valence-corrected chi connectivity index (χ3v) is 4.32. The Bertz CT molecular complexity index is 502. The number of carbonyl (C=O) groups excluding carboxylic acids is 2. The van der Waals surface area contributed by atoms with E-state index in [-0.39, 0.29) is 31.2 Å². The van der Waals surface area contributed by atoms with E-state index in [9.17, 15) is 19.5 Å². The van der Waals surface area contributed by atoms with Crippen LogP contribution in [0, 0.1) is 5.92 Å². The molecule has 9 heteroatoms. The van der Waals surface area contributed by atoms with Crippen LogP contribution in [0.15, 0.2) is 0 Å². The van der Waals surface area contributed by atoms with Crippen LogP contribution in [0.2, 0.25) is 0 Å². The highest BCUT2D eigenvalue weighted by molar-refractivity contribution is 5.89. The van der Waals surface area contributed by atoms with Gasteiger partial charge in [0.15, 0.2) is 11.6 Å².